The molecule has 0 aromatic heterocycles. The van der Waals surface area contributed by atoms with Gasteiger partial charge < -0.3 is 9.84 Å². The van der Waals surface area contributed by atoms with E-state index in [-0.39, 0.29) is 10.6 Å². The van der Waals surface area contributed by atoms with Gasteiger partial charge in [0.05, 0.1) is 5.22 Å². The van der Waals surface area contributed by atoms with Gasteiger partial charge in [0, 0.05) is 18.5 Å². The predicted octanol–water partition coefficient (Wildman–Crippen LogP) is 4.43. The monoisotopic (exact) mass is 435 g/mol. The molecule has 0 fully saturated rings. The fourth-order valence-corrected chi connectivity index (χ4v) is 4.94. The Morgan fingerprint density at radius 1 is 1.06 bits per heavy atom. The van der Waals surface area contributed by atoms with Gasteiger partial charge in [-0.15, -0.1) is 0 Å². The first kappa shape index (κ1) is 24.8. The summed E-state index contributed by atoms with van der Waals surface area (Å²) in [6, 6.07) is 15.9. The molecule has 0 aliphatic heterocycles. The second-order valence-electron chi connectivity index (χ2n) is 9.60. The van der Waals surface area contributed by atoms with Crippen molar-refractivity contribution >= 4 is 14.7 Å². The lowest BCUT2D eigenvalue weighted by Gasteiger charge is -2.27. The quantitative estimate of drug-likeness (QED) is 0.467. The zero-order valence-electron chi connectivity index (χ0n) is 19.9. The lowest BCUT2D eigenvalue weighted by atomic mass is 9.98. The summed E-state index contributed by atoms with van der Waals surface area (Å²) in [6.45, 7) is 15.6. The molecule has 4 heteroatoms. The first-order valence-corrected chi connectivity index (χ1v) is 12.4. The molecule has 0 aliphatic rings. The minimum absolute atomic E-state index is 0.0359. The maximum absolute atomic E-state index is 9.50. The molecule has 0 heterocycles. The van der Waals surface area contributed by atoms with Crippen LogP contribution in [0.15, 0.2) is 60.7 Å². The Balaban J connectivity index is 1.97. The number of phenolic OH excluding ortho intramolecular Hbond substituents is 1. The molecule has 2 aromatic carbocycles. The fourth-order valence-electron chi connectivity index (χ4n) is 3.25. The van der Waals surface area contributed by atoms with Gasteiger partial charge in [0.15, 0.2) is 0 Å². The van der Waals surface area contributed by atoms with E-state index >= 15 is 0 Å². The Hall–Kier alpha value is -2.48. The molecule has 3 nitrogen and oxygen atoms in total. The summed E-state index contributed by atoms with van der Waals surface area (Å²) in [5.74, 6) is 7.59. The summed E-state index contributed by atoms with van der Waals surface area (Å²) in [7, 11) is -0.674. The Bertz CT molecular complexity index is 915. The van der Waals surface area contributed by atoms with Crippen LogP contribution < -0.4 is 9.92 Å². The van der Waals surface area contributed by atoms with E-state index in [0.717, 1.165) is 25.4 Å². The molecule has 0 spiro atoms. The van der Waals surface area contributed by atoms with Gasteiger partial charge >= 0.3 is 0 Å². The van der Waals surface area contributed by atoms with Gasteiger partial charge in [-0.2, -0.15) is 0 Å². The van der Waals surface area contributed by atoms with Crippen molar-refractivity contribution in [2.45, 2.75) is 53.3 Å². The van der Waals surface area contributed by atoms with Crippen molar-refractivity contribution in [3.63, 3.8) is 0 Å². The molecule has 0 saturated heterocycles. The number of benzene rings is 2. The zero-order chi connectivity index (χ0) is 22.9. The van der Waals surface area contributed by atoms with E-state index in [1.54, 1.807) is 12.1 Å². The first-order valence-electron chi connectivity index (χ1n) is 11.0. The van der Waals surface area contributed by atoms with Gasteiger partial charge in [0.2, 0.25) is 0 Å². The number of likely N-dealkylation sites (N-methyl/N-ethyl adjacent to an activating group) is 1. The number of allylic oxidation sites excluding steroid dienone is 1. The van der Waals surface area contributed by atoms with E-state index in [9.17, 15) is 5.11 Å². The third-order valence-corrected chi connectivity index (χ3v) is 6.60. The Morgan fingerprint density at radius 3 is 2.42 bits per heavy atom. The molecular weight excluding hydrogens is 398 g/mol. The number of nitrogens with zero attached hydrogens (tertiary/aromatic N) is 1. The van der Waals surface area contributed by atoms with Gasteiger partial charge in [0.25, 0.3) is 0 Å². The van der Waals surface area contributed by atoms with Crippen molar-refractivity contribution in [1.82, 2.24) is 4.90 Å². The van der Waals surface area contributed by atoms with Crippen molar-refractivity contribution < 1.29 is 9.84 Å². The minimum atomic E-state index is -0.674. The van der Waals surface area contributed by atoms with Crippen LogP contribution in [-0.4, -0.2) is 37.8 Å². The van der Waals surface area contributed by atoms with E-state index in [2.05, 4.69) is 82.6 Å². The van der Waals surface area contributed by atoms with Gasteiger partial charge in [-0.05, 0) is 77.1 Å². The highest BCUT2D eigenvalue weighted by Gasteiger charge is 2.21. The van der Waals surface area contributed by atoms with Crippen molar-refractivity contribution in [2.24, 2.45) is 5.41 Å². The predicted molar refractivity (Wildman–Crippen MR) is 135 cm³/mol. The zero-order valence-corrected chi connectivity index (χ0v) is 21.3. The van der Waals surface area contributed by atoms with Crippen LogP contribution in [0.3, 0.4) is 0 Å². The molecule has 0 saturated carbocycles. The van der Waals surface area contributed by atoms with Crippen LogP contribution in [0.25, 0.3) is 0 Å². The van der Waals surface area contributed by atoms with Crippen LogP contribution in [0.4, 0.5) is 0 Å². The molecule has 2 aromatic rings. The Morgan fingerprint density at radius 2 is 1.77 bits per heavy atom. The van der Waals surface area contributed by atoms with Gasteiger partial charge in [-0.3, -0.25) is 4.90 Å². The SMILES string of the molecule is CCN(C/C=C/C#CC(C)(C)C)Cc1cccc(OC(C)(C)[SiH2]c2ccc(O)cc2)c1. The molecule has 0 unspecified atom stereocenters. The molecule has 0 atom stereocenters. The smallest absolute Gasteiger partial charge is 0.119 e. The maximum atomic E-state index is 9.50. The molecule has 31 heavy (non-hydrogen) atoms. The second kappa shape index (κ2) is 11.2. The highest BCUT2D eigenvalue weighted by molar-refractivity contribution is 6.56. The van der Waals surface area contributed by atoms with E-state index in [4.69, 9.17) is 4.74 Å². The topological polar surface area (TPSA) is 32.7 Å². The van der Waals surface area contributed by atoms with Gasteiger partial charge in [0.1, 0.15) is 21.0 Å². The van der Waals surface area contributed by atoms with Crippen molar-refractivity contribution in [1.29, 1.82) is 0 Å². The molecular formula is C27H37NO2Si. The molecule has 1 N–H and O–H groups in total. The number of phenols is 1. The summed E-state index contributed by atoms with van der Waals surface area (Å²) in [4.78, 5) is 2.38. The summed E-state index contributed by atoms with van der Waals surface area (Å²) in [6.07, 6.45) is 4.10. The number of aromatic hydroxyl groups is 1. The van der Waals surface area contributed by atoms with E-state index in [1.165, 1.54) is 10.8 Å². The lowest BCUT2D eigenvalue weighted by Crippen LogP contribution is -2.42. The van der Waals surface area contributed by atoms with Crippen molar-refractivity contribution in [3.05, 3.63) is 66.2 Å². The third kappa shape index (κ3) is 9.91. The molecule has 0 bridgehead atoms. The summed E-state index contributed by atoms with van der Waals surface area (Å²) in [5, 5.41) is 10.6. The van der Waals surface area contributed by atoms with Crippen LogP contribution in [0.2, 0.25) is 0 Å². The summed E-state index contributed by atoms with van der Waals surface area (Å²) in [5.41, 5.74) is 1.28. The molecule has 0 amide bonds. The van der Waals surface area contributed by atoms with Crippen LogP contribution >= 0.6 is 0 Å². The molecule has 2 rings (SSSR count). The average Bonchev–Trinajstić information content (AvgIpc) is 2.67. The summed E-state index contributed by atoms with van der Waals surface area (Å²) >= 11 is 0. The number of hydrogen-bond acceptors (Lipinski definition) is 3. The number of ether oxygens (including phenoxy) is 1. The average molecular weight is 436 g/mol. The van der Waals surface area contributed by atoms with Gasteiger partial charge in [-0.1, -0.05) is 54.3 Å². The van der Waals surface area contributed by atoms with Crippen molar-refractivity contribution in [3.8, 4) is 23.3 Å². The van der Waals surface area contributed by atoms with E-state index in [0.29, 0.717) is 5.75 Å². The molecule has 0 aliphatic carbocycles. The van der Waals surface area contributed by atoms with Crippen LogP contribution in [-0.2, 0) is 6.54 Å². The standard InChI is InChI=1S/C27H37NO2Si/c1-7-28(19-10-8-9-18-26(2,3)4)21-22-12-11-13-24(20-22)30-27(5,6)31-25-16-14-23(29)15-17-25/h8,10-17,20,29H,7,19,21,31H2,1-6H3/b10-8+. The van der Waals surface area contributed by atoms with Crippen molar-refractivity contribution in [2.75, 3.05) is 13.1 Å². The maximum Gasteiger partial charge on any atom is 0.119 e. The number of hydrogen-bond donors (Lipinski definition) is 1. The molecule has 0 radical (unpaired) electrons. The minimum Gasteiger partial charge on any atom is -0.508 e. The Kier molecular flexibility index (Phi) is 8.97. The summed E-state index contributed by atoms with van der Waals surface area (Å²) < 4.78 is 6.39. The van der Waals surface area contributed by atoms with Crippen LogP contribution in [0, 0.1) is 17.3 Å². The van der Waals surface area contributed by atoms with E-state index < -0.39 is 9.52 Å². The van der Waals surface area contributed by atoms with E-state index in [1.807, 2.05) is 24.3 Å². The second-order valence-corrected chi connectivity index (χ2v) is 12.5. The normalized spacial score (nSPS) is 12.5. The fraction of sp³-hybridized carbons (Fsp3) is 0.407. The first-order chi connectivity index (χ1) is 14.6. The highest BCUT2D eigenvalue weighted by atomic mass is 28.2. The Labute approximate surface area is 191 Å². The lowest BCUT2D eigenvalue weighted by molar-refractivity contribution is 0.195. The largest absolute Gasteiger partial charge is 0.508 e. The molecule has 166 valence electrons. The van der Waals surface area contributed by atoms with Crippen LogP contribution in [0.1, 0.15) is 47.1 Å². The number of rotatable bonds is 9. The van der Waals surface area contributed by atoms with Gasteiger partial charge in [-0.25, -0.2) is 0 Å². The third-order valence-electron chi connectivity index (χ3n) is 4.72. The van der Waals surface area contributed by atoms with Crippen LogP contribution in [0.5, 0.6) is 11.5 Å². The highest BCUT2D eigenvalue weighted by Crippen LogP contribution is 2.20.